The lowest BCUT2D eigenvalue weighted by Gasteiger charge is -2.37. The molecule has 0 radical (unpaired) electrons. The van der Waals surface area contributed by atoms with Gasteiger partial charge in [0.2, 0.25) is 10.2 Å². The first kappa shape index (κ1) is 14.1. The standard InChI is InChI=1S/C12H20O2S2/c1-11(2,3)7-9(13)16-8(10(14)15-7)12(4,5)6/h7-8H,1-6H3. The highest BCUT2D eigenvalue weighted by Gasteiger charge is 2.46. The van der Waals surface area contributed by atoms with E-state index < -0.39 is 0 Å². The van der Waals surface area contributed by atoms with Gasteiger partial charge in [0.25, 0.3) is 0 Å². The first-order chi connectivity index (χ1) is 7.03. The van der Waals surface area contributed by atoms with E-state index in [0.29, 0.717) is 0 Å². The van der Waals surface area contributed by atoms with Gasteiger partial charge in [-0.3, -0.25) is 9.59 Å². The summed E-state index contributed by atoms with van der Waals surface area (Å²) in [4.78, 5) is 24.1. The molecule has 16 heavy (non-hydrogen) atoms. The van der Waals surface area contributed by atoms with Gasteiger partial charge in [-0.2, -0.15) is 0 Å². The molecule has 4 heteroatoms. The van der Waals surface area contributed by atoms with Crippen LogP contribution in [0.25, 0.3) is 0 Å². The van der Waals surface area contributed by atoms with Gasteiger partial charge in [0.15, 0.2) is 0 Å². The fourth-order valence-electron chi connectivity index (χ4n) is 1.51. The Kier molecular flexibility index (Phi) is 3.85. The molecule has 0 bridgehead atoms. The van der Waals surface area contributed by atoms with Crippen molar-refractivity contribution >= 4 is 33.8 Å². The zero-order valence-corrected chi connectivity index (χ0v) is 12.4. The molecule has 0 N–H and O–H groups in total. The highest BCUT2D eigenvalue weighted by Crippen LogP contribution is 2.46. The molecule has 2 atom stereocenters. The van der Waals surface area contributed by atoms with Crippen LogP contribution in [0, 0.1) is 10.8 Å². The predicted octanol–water partition coefficient (Wildman–Crippen LogP) is 3.35. The van der Waals surface area contributed by atoms with E-state index in [4.69, 9.17) is 0 Å². The van der Waals surface area contributed by atoms with Gasteiger partial charge in [-0.25, -0.2) is 0 Å². The summed E-state index contributed by atoms with van der Waals surface area (Å²) in [5, 5.41) is -0.110. The summed E-state index contributed by atoms with van der Waals surface area (Å²) in [6, 6.07) is 0. The highest BCUT2D eigenvalue weighted by molar-refractivity contribution is 8.25. The van der Waals surface area contributed by atoms with Gasteiger partial charge in [-0.05, 0) is 10.8 Å². The zero-order valence-electron chi connectivity index (χ0n) is 10.8. The fraction of sp³-hybridized carbons (Fsp3) is 0.833. The van der Waals surface area contributed by atoms with Crippen LogP contribution in [0.4, 0.5) is 0 Å². The maximum Gasteiger partial charge on any atom is 0.203 e. The Labute approximate surface area is 106 Å². The lowest BCUT2D eigenvalue weighted by molar-refractivity contribution is -0.115. The number of hydrogen-bond donors (Lipinski definition) is 0. The molecule has 2 unspecified atom stereocenters. The summed E-state index contributed by atoms with van der Waals surface area (Å²) >= 11 is 2.45. The highest BCUT2D eigenvalue weighted by atomic mass is 32.2. The third-order valence-corrected chi connectivity index (χ3v) is 6.02. The molecule has 1 heterocycles. The maximum absolute atomic E-state index is 12.0. The summed E-state index contributed by atoms with van der Waals surface area (Å²) < 4.78 is 0. The molecule has 92 valence electrons. The van der Waals surface area contributed by atoms with Crippen molar-refractivity contribution in [3.05, 3.63) is 0 Å². The molecule has 0 saturated carbocycles. The summed E-state index contributed by atoms with van der Waals surface area (Å²) in [5.74, 6) is 0. The van der Waals surface area contributed by atoms with Crippen LogP contribution < -0.4 is 0 Å². The molecule has 0 spiro atoms. The molecule has 0 aromatic rings. The Hall–Kier alpha value is 0.0400. The van der Waals surface area contributed by atoms with E-state index in [2.05, 4.69) is 0 Å². The Morgan fingerprint density at radius 2 is 1.00 bits per heavy atom. The third kappa shape index (κ3) is 3.04. The van der Waals surface area contributed by atoms with E-state index in [-0.39, 0.29) is 31.6 Å². The van der Waals surface area contributed by atoms with Gasteiger partial charge in [0.1, 0.15) is 0 Å². The van der Waals surface area contributed by atoms with Crippen molar-refractivity contribution in [1.82, 2.24) is 0 Å². The largest absolute Gasteiger partial charge is 0.286 e. The van der Waals surface area contributed by atoms with Gasteiger partial charge >= 0.3 is 0 Å². The lowest BCUT2D eigenvalue weighted by atomic mass is 9.91. The Balaban J connectivity index is 2.88. The van der Waals surface area contributed by atoms with Crippen molar-refractivity contribution in [3.63, 3.8) is 0 Å². The Bertz CT molecular complexity index is 278. The topological polar surface area (TPSA) is 34.1 Å². The Morgan fingerprint density at radius 1 is 0.750 bits per heavy atom. The first-order valence-electron chi connectivity index (χ1n) is 5.44. The normalized spacial score (nSPS) is 28.4. The minimum atomic E-state index is -0.205. The van der Waals surface area contributed by atoms with Gasteiger partial charge in [-0.1, -0.05) is 65.1 Å². The van der Waals surface area contributed by atoms with Crippen molar-refractivity contribution in [2.24, 2.45) is 10.8 Å². The van der Waals surface area contributed by atoms with E-state index in [1.54, 1.807) is 0 Å². The van der Waals surface area contributed by atoms with Gasteiger partial charge in [0, 0.05) is 0 Å². The van der Waals surface area contributed by atoms with Gasteiger partial charge < -0.3 is 0 Å². The number of thioether (sulfide) groups is 2. The van der Waals surface area contributed by atoms with Crippen molar-refractivity contribution in [3.8, 4) is 0 Å². The predicted molar refractivity (Wildman–Crippen MR) is 71.7 cm³/mol. The van der Waals surface area contributed by atoms with Crippen LogP contribution in [-0.4, -0.2) is 20.7 Å². The minimum absolute atomic E-state index is 0.146. The van der Waals surface area contributed by atoms with Crippen molar-refractivity contribution in [2.45, 2.75) is 52.0 Å². The van der Waals surface area contributed by atoms with E-state index in [0.717, 1.165) is 0 Å². The van der Waals surface area contributed by atoms with Gasteiger partial charge in [0.05, 0.1) is 10.5 Å². The van der Waals surface area contributed by atoms with Crippen LogP contribution in [0.15, 0.2) is 0 Å². The molecule has 2 nitrogen and oxygen atoms in total. The van der Waals surface area contributed by atoms with Crippen LogP contribution in [0.5, 0.6) is 0 Å². The van der Waals surface area contributed by atoms with Gasteiger partial charge in [-0.15, -0.1) is 0 Å². The molecular weight excluding hydrogens is 240 g/mol. The quantitative estimate of drug-likeness (QED) is 0.669. The first-order valence-corrected chi connectivity index (χ1v) is 7.20. The second kappa shape index (κ2) is 4.37. The average molecular weight is 260 g/mol. The zero-order chi connectivity index (χ0) is 12.7. The smallest absolute Gasteiger partial charge is 0.203 e. The fourth-order valence-corrected chi connectivity index (χ4v) is 4.45. The molecule has 1 fully saturated rings. The van der Waals surface area contributed by atoms with Crippen LogP contribution in [0.3, 0.4) is 0 Å². The molecule has 0 amide bonds. The van der Waals surface area contributed by atoms with Crippen molar-refractivity contribution in [1.29, 1.82) is 0 Å². The van der Waals surface area contributed by atoms with Crippen LogP contribution in [-0.2, 0) is 9.59 Å². The molecule has 1 aliphatic heterocycles. The second-order valence-electron chi connectivity index (χ2n) is 6.37. The molecule has 0 aliphatic carbocycles. The number of carbonyl (C=O) groups is 2. The number of carbonyl (C=O) groups excluding carboxylic acids is 2. The van der Waals surface area contributed by atoms with Crippen LogP contribution in [0.2, 0.25) is 0 Å². The van der Waals surface area contributed by atoms with E-state index in [1.807, 2.05) is 41.5 Å². The SMILES string of the molecule is CC(C)(C)C1SC(=O)C(C(C)(C)C)SC1=O. The monoisotopic (exact) mass is 260 g/mol. The summed E-state index contributed by atoms with van der Waals surface area (Å²) in [7, 11) is 0. The summed E-state index contributed by atoms with van der Waals surface area (Å²) in [5.41, 5.74) is -0.291. The maximum atomic E-state index is 12.0. The van der Waals surface area contributed by atoms with Crippen LogP contribution >= 0.6 is 23.5 Å². The van der Waals surface area contributed by atoms with E-state index in [9.17, 15) is 9.59 Å². The minimum Gasteiger partial charge on any atom is -0.286 e. The van der Waals surface area contributed by atoms with Crippen LogP contribution in [0.1, 0.15) is 41.5 Å². The summed E-state index contributed by atoms with van der Waals surface area (Å²) in [6.45, 7) is 12.0. The molecular formula is C12H20O2S2. The molecule has 1 rings (SSSR count). The molecule has 1 aliphatic rings. The number of hydrogen-bond acceptors (Lipinski definition) is 4. The number of rotatable bonds is 0. The summed E-state index contributed by atoms with van der Waals surface area (Å²) in [6.07, 6.45) is 0. The van der Waals surface area contributed by atoms with E-state index >= 15 is 0 Å². The molecule has 0 aromatic carbocycles. The third-order valence-electron chi connectivity index (χ3n) is 2.47. The second-order valence-corrected chi connectivity index (χ2v) is 8.58. The van der Waals surface area contributed by atoms with E-state index in [1.165, 1.54) is 23.5 Å². The Morgan fingerprint density at radius 3 is 1.19 bits per heavy atom. The van der Waals surface area contributed by atoms with Crippen molar-refractivity contribution < 1.29 is 9.59 Å². The lowest BCUT2D eigenvalue weighted by Crippen LogP contribution is -2.42. The molecule has 0 aromatic heterocycles. The van der Waals surface area contributed by atoms with Crippen molar-refractivity contribution in [2.75, 3.05) is 0 Å². The average Bonchev–Trinajstić information content (AvgIpc) is 2.04. The molecule has 1 saturated heterocycles.